The van der Waals surface area contributed by atoms with Crippen LogP contribution < -0.4 is 20.9 Å². The number of rotatable bonds is 5. The standard InChI is InChI=1S/C20H26F2N6O.C2HF3O2/c1-12-11-23-19(27-18(12)28(2)3)24-13-4-6-14(7-5-13)25-20(29)26-15-8-9-16(21)17(22)10-15;3-2(4,5)1(6)7/h8-11,13-14H,4-7H2,1-3H3,(H,23,24,27)(H2,25,26,29);(H,6,7)/t13-,14+;. The van der Waals surface area contributed by atoms with E-state index in [4.69, 9.17) is 9.90 Å². The Bertz CT molecular complexity index is 1060. The number of carboxylic acid groups (broad SMARTS) is 1. The highest BCUT2D eigenvalue weighted by Crippen LogP contribution is 2.23. The van der Waals surface area contributed by atoms with Crippen molar-refractivity contribution in [2.24, 2.45) is 0 Å². The minimum Gasteiger partial charge on any atom is -0.475 e. The lowest BCUT2D eigenvalue weighted by molar-refractivity contribution is -0.192. The lowest BCUT2D eigenvalue weighted by Crippen LogP contribution is -2.42. The van der Waals surface area contributed by atoms with Gasteiger partial charge >= 0.3 is 18.2 Å². The van der Waals surface area contributed by atoms with E-state index in [1.165, 1.54) is 6.07 Å². The first kappa shape index (κ1) is 28.5. The van der Waals surface area contributed by atoms with E-state index in [2.05, 4.69) is 25.9 Å². The summed E-state index contributed by atoms with van der Waals surface area (Å²) in [6.45, 7) is 1.97. The fourth-order valence-electron chi connectivity index (χ4n) is 3.45. The quantitative estimate of drug-likeness (QED) is 0.436. The highest BCUT2D eigenvalue weighted by Gasteiger charge is 2.38. The van der Waals surface area contributed by atoms with E-state index in [-0.39, 0.29) is 17.8 Å². The first-order chi connectivity index (χ1) is 16.8. The molecule has 1 heterocycles. The van der Waals surface area contributed by atoms with Crippen LogP contribution in [0.3, 0.4) is 0 Å². The van der Waals surface area contributed by atoms with Crippen LogP contribution >= 0.6 is 0 Å². The Morgan fingerprint density at radius 2 is 1.64 bits per heavy atom. The van der Waals surface area contributed by atoms with E-state index >= 15 is 0 Å². The van der Waals surface area contributed by atoms with Gasteiger partial charge in [0.15, 0.2) is 11.6 Å². The third-order valence-electron chi connectivity index (χ3n) is 5.18. The van der Waals surface area contributed by atoms with Crippen molar-refractivity contribution < 1.29 is 36.6 Å². The fourth-order valence-corrected chi connectivity index (χ4v) is 3.45. The molecular formula is C22H27F5N6O3. The molecule has 3 rings (SSSR count). The molecule has 0 saturated heterocycles. The maximum absolute atomic E-state index is 13.2. The summed E-state index contributed by atoms with van der Waals surface area (Å²) in [5.41, 5.74) is 1.23. The Morgan fingerprint density at radius 1 is 1.06 bits per heavy atom. The Kier molecular flexibility index (Phi) is 9.76. The average molecular weight is 518 g/mol. The van der Waals surface area contributed by atoms with Crippen molar-refractivity contribution in [3.8, 4) is 0 Å². The van der Waals surface area contributed by atoms with Gasteiger partial charge in [0.05, 0.1) is 0 Å². The van der Waals surface area contributed by atoms with Crippen LogP contribution in [0.5, 0.6) is 0 Å². The van der Waals surface area contributed by atoms with Gasteiger partial charge in [0.1, 0.15) is 5.82 Å². The number of urea groups is 1. The van der Waals surface area contributed by atoms with Crippen LogP contribution in [0.15, 0.2) is 24.4 Å². The van der Waals surface area contributed by atoms with Gasteiger partial charge in [0.25, 0.3) is 0 Å². The first-order valence-corrected chi connectivity index (χ1v) is 10.9. The van der Waals surface area contributed by atoms with Crippen molar-refractivity contribution in [3.05, 3.63) is 41.6 Å². The van der Waals surface area contributed by atoms with Crippen LogP contribution in [0.2, 0.25) is 0 Å². The number of benzene rings is 1. The van der Waals surface area contributed by atoms with E-state index in [0.29, 0.717) is 5.95 Å². The number of nitrogens with one attached hydrogen (secondary N) is 3. The molecule has 1 aliphatic carbocycles. The van der Waals surface area contributed by atoms with Crippen LogP contribution in [0.4, 0.5) is 44.2 Å². The van der Waals surface area contributed by atoms with Gasteiger partial charge in [0.2, 0.25) is 5.95 Å². The molecule has 36 heavy (non-hydrogen) atoms. The van der Waals surface area contributed by atoms with Crippen LogP contribution in [-0.2, 0) is 4.79 Å². The van der Waals surface area contributed by atoms with Crippen LogP contribution in [0.25, 0.3) is 0 Å². The molecule has 1 aliphatic rings. The molecule has 0 radical (unpaired) electrons. The van der Waals surface area contributed by atoms with Gasteiger partial charge < -0.3 is 26.0 Å². The Morgan fingerprint density at radius 3 is 2.17 bits per heavy atom. The van der Waals surface area contributed by atoms with Crippen molar-refractivity contribution in [1.82, 2.24) is 15.3 Å². The largest absolute Gasteiger partial charge is 0.490 e. The molecule has 0 unspecified atom stereocenters. The molecule has 14 heteroatoms. The number of nitrogens with zero attached hydrogens (tertiary/aromatic N) is 3. The number of amides is 2. The summed E-state index contributed by atoms with van der Waals surface area (Å²) in [5, 5.41) is 15.9. The summed E-state index contributed by atoms with van der Waals surface area (Å²) < 4.78 is 57.9. The summed E-state index contributed by atoms with van der Waals surface area (Å²) in [4.78, 5) is 31.9. The molecule has 198 valence electrons. The Balaban J connectivity index is 0.000000572. The van der Waals surface area contributed by atoms with Gasteiger partial charge in [0, 0.05) is 49.7 Å². The number of carbonyl (C=O) groups excluding carboxylic acids is 1. The van der Waals surface area contributed by atoms with Gasteiger partial charge in [-0.1, -0.05) is 0 Å². The zero-order chi connectivity index (χ0) is 27.0. The molecule has 0 spiro atoms. The number of aromatic nitrogens is 2. The van der Waals surface area contributed by atoms with Gasteiger partial charge in [-0.25, -0.2) is 23.4 Å². The lowest BCUT2D eigenvalue weighted by atomic mass is 9.91. The molecule has 0 bridgehead atoms. The summed E-state index contributed by atoms with van der Waals surface area (Å²) in [7, 11) is 3.89. The zero-order valence-corrected chi connectivity index (χ0v) is 19.8. The summed E-state index contributed by atoms with van der Waals surface area (Å²) in [6.07, 6.45) is 0.0559. The topological polar surface area (TPSA) is 119 Å². The van der Waals surface area contributed by atoms with Gasteiger partial charge in [-0.15, -0.1) is 0 Å². The first-order valence-electron chi connectivity index (χ1n) is 10.9. The zero-order valence-electron chi connectivity index (χ0n) is 19.8. The van der Waals surface area contributed by atoms with E-state index in [1.54, 1.807) is 6.20 Å². The van der Waals surface area contributed by atoms with Crippen molar-refractivity contribution in [2.75, 3.05) is 29.6 Å². The monoisotopic (exact) mass is 518 g/mol. The molecule has 1 fully saturated rings. The van der Waals surface area contributed by atoms with Gasteiger partial charge in [-0.3, -0.25) is 0 Å². The van der Waals surface area contributed by atoms with Crippen LogP contribution in [0.1, 0.15) is 31.2 Å². The highest BCUT2D eigenvalue weighted by molar-refractivity contribution is 5.89. The number of hydrogen-bond donors (Lipinski definition) is 4. The number of hydrogen-bond acceptors (Lipinski definition) is 6. The van der Waals surface area contributed by atoms with Crippen molar-refractivity contribution in [3.63, 3.8) is 0 Å². The molecule has 1 aromatic carbocycles. The van der Waals surface area contributed by atoms with Crippen molar-refractivity contribution >= 4 is 29.5 Å². The maximum atomic E-state index is 13.2. The van der Waals surface area contributed by atoms with E-state index in [0.717, 1.165) is 49.2 Å². The van der Waals surface area contributed by atoms with Crippen molar-refractivity contribution in [2.45, 2.75) is 50.9 Å². The minimum absolute atomic E-state index is 0.0228. The second kappa shape index (κ2) is 12.3. The lowest BCUT2D eigenvalue weighted by Gasteiger charge is -2.30. The van der Waals surface area contributed by atoms with Gasteiger partial charge in [-0.05, 0) is 44.7 Å². The number of aliphatic carboxylic acids is 1. The summed E-state index contributed by atoms with van der Waals surface area (Å²) in [6, 6.07) is 3.10. The molecule has 4 N–H and O–H groups in total. The molecule has 0 atom stereocenters. The molecule has 9 nitrogen and oxygen atoms in total. The predicted molar refractivity (Wildman–Crippen MR) is 123 cm³/mol. The normalized spacial score (nSPS) is 17.3. The molecule has 2 amide bonds. The number of carboxylic acids is 1. The Labute approximate surface area is 204 Å². The number of carbonyl (C=O) groups is 2. The van der Waals surface area contributed by atoms with Crippen LogP contribution in [0, 0.1) is 18.6 Å². The number of halogens is 5. The predicted octanol–water partition coefficient (Wildman–Crippen LogP) is 4.31. The number of aryl methyl sites for hydroxylation is 1. The highest BCUT2D eigenvalue weighted by atomic mass is 19.4. The third-order valence-corrected chi connectivity index (χ3v) is 5.18. The second-order valence-electron chi connectivity index (χ2n) is 8.32. The van der Waals surface area contributed by atoms with E-state index in [1.807, 2.05) is 25.9 Å². The van der Waals surface area contributed by atoms with E-state index in [9.17, 15) is 26.7 Å². The van der Waals surface area contributed by atoms with Crippen molar-refractivity contribution in [1.29, 1.82) is 0 Å². The third kappa shape index (κ3) is 8.82. The number of alkyl halides is 3. The molecule has 1 aromatic heterocycles. The Hall–Kier alpha value is -3.71. The number of anilines is 3. The van der Waals surface area contributed by atoms with Crippen LogP contribution in [-0.4, -0.2) is 59.4 Å². The average Bonchev–Trinajstić information content (AvgIpc) is 2.78. The smallest absolute Gasteiger partial charge is 0.475 e. The molecular weight excluding hydrogens is 491 g/mol. The second-order valence-corrected chi connectivity index (χ2v) is 8.32. The molecule has 0 aliphatic heterocycles. The fraction of sp³-hybridized carbons (Fsp3) is 0.455. The SMILES string of the molecule is Cc1cnc(N[C@H]2CC[C@@H](NC(=O)Nc3ccc(F)c(F)c3)CC2)nc1N(C)C.O=C(O)C(F)(F)F. The van der Waals surface area contributed by atoms with Gasteiger partial charge in [-0.2, -0.15) is 18.2 Å². The summed E-state index contributed by atoms with van der Waals surface area (Å²) in [5.74, 6) is -3.21. The van der Waals surface area contributed by atoms with E-state index < -0.39 is 29.8 Å². The minimum atomic E-state index is -5.08. The maximum Gasteiger partial charge on any atom is 0.490 e. The molecule has 1 saturated carbocycles. The summed E-state index contributed by atoms with van der Waals surface area (Å²) >= 11 is 0. The molecule has 2 aromatic rings.